The molecule has 0 saturated heterocycles. The molecule has 1 amide bonds. The van der Waals surface area contributed by atoms with Crippen LogP contribution in [0.25, 0.3) is 0 Å². The molecule has 21 heavy (non-hydrogen) atoms. The molecular formula is C17H25N3O. The molecule has 2 aliphatic rings. The first kappa shape index (κ1) is 14.2. The number of fused-ring (bicyclic) bond motifs is 2. The van der Waals surface area contributed by atoms with Crippen molar-refractivity contribution >= 4 is 17.3 Å². The van der Waals surface area contributed by atoms with E-state index in [1.54, 1.807) is 19.2 Å². The second-order valence-corrected chi connectivity index (χ2v) is 6.65. The van der Waals surface area contributed by atoms with E-state index < -0.39 is 0 Å². The highest BCUT2D eigenvalue weighted by atomic mass is 16.1. The number of nitrogen functional groups attached to an aromatic ring is 1. The maximum Gasteiger partial charge on any atom is 0.251 e. The van der Waals surface area contributed by atoms with Crippen LogP contribution in [0.15, 0.2) is 18.2 Å². The van der Waals surface area contributed by atoms with Crippen molar-refractivity contribution in [3.8, 4) is 0 Å². The quantitative estimate of drug-likeness (QED) is 0.746. The second-order valence-electron chi connectivity index (χ2n) is 6.65. The van der Waals surface area contributed by atoms with Gasteiger partial charge in [0.2, 0.25) is 0 Å². The molecule has 114 valence electrons. The van der Waals surface area contributed by atoms with Gasteiger partial charge >= 0.3 is 0 Å². The smallest absolute Gasteiger partial charge is 0.251 e. The number of rotatable bonds is 4. The maximum atomic E-state index is 11.7. The standard InChI is InChI=1S/C17H25N3O/c1-10(14-8-11-3-4-12(14)7-11)20-16-9-13(17(21)19-2)5-6-15(16)18/h5-6,9-12,14,20H,3-4,7-8,18H2,1-2H3,(H,19,21). The van der Waals surface area contributed by atoms with Crippen LogP contribution in [0.4, 0.5) is 11.4 Å². The average Bonchev–Trinajstić information content (AvgIpc) is 3.11. The van der Waals surface area contributed by atoms with Gasteiger partial charge in [0.15, 0.2) is 0 Å². The lowest BCUT2D eigenvalue weighted by Gasteiger charge is -2.29. The lowest BCUT2D eigenvalue weighted by molar-refractivity contribution is 0.0963. The van der Waals surface area contributed by atoms with Crippen molar-refractivity contribution in [1.29, 1.82) is 0 Å². The number of anilines is 2. The van der Waals surface area contributed by atoms with E-state index >= 15 is 0 Å². The summed E-state index contributed by atoms with van der Waals surface area (Å²) < 4.78 is 0. The first-order chi connectivity index (χ1) is 10.1. The first-order valence-corrected chi connectivity index (χ1v) is 7.96. The molecular weight excluding hydrogens is 262 g/mol. The Morgan fingerprint density at radius 3 is 2.76 bits per heavy atom. The molecule has 1 aromatic rings. The molecule has 0 heterocycles. The van der Waals surface area contributed by atoms with Crippen LogP contribution in [0.2, 0.25) is 0 Å². The summed E-state index contributed by atoms with van der Waals surface area (Å²) in [6.07, 6.45) is 5.55. The molecule has 0 radical (unpaired) electrons. The van der Waals surface area contributed by atoms with E-state index in [9.17, 15) is 4.79 Å². The van der Waals surface area contributed by atoms with Gasteiger partial charge < -0.3 is 16.4 Å². The van der Waals surface area contributed by atoms with Gasteiger partial charge in [-0.3, -0.25) is 4.79 Å². The maximum absolute atomic E-state index is 11.7. The number of carbonyl (C=O) groups excluding carboxylic acids is 1. The van der Waals surface area contributed by atoms with Gasteiger partial charge in [-0.05, 0) is 62.1 Å². The number of hydrogen-bond donors (Lipinski definition) is 3. The Morgan fingerprint density at radius 1 is 1.33 bits per heavy atom. The van der Waals surface area contributed by atoms with Crippen LogP contribution >= 0.6 is 0 Å². The lowest BCUT2D eigenvalue weighted by atomic mass is 9.84. The minimum atomic E-state index is -0.0781. The molecule has 2 bridgehead atoms. The van der Waals surface area contributed by atoms with Crippen molar-refractivity contribution < 1.29 is 4.79 Å². The van der Waals surface area contributed by atoms with Gasteiger partial charge in [0.05, 0.1) is 11.4 Å². The van der Waals surface area contributed by atoms with E-state index in [-0.39, 0.29) is 5.91 Å². The van der Waals surface area contributed by atoms with Crippen LogP contribution in [0.1, 0.15) is 43.0 Å². The average molecular weight is 287 g/mol. The summed E-state index contributed by atoms with van der Waals surface area (Å²) in [4.78, 5) is 11.7. The van der Waals surface area contributed by atoms with Crippen molar-refractivity contribution in [2.75, 3.05) is 18.1 Å². The Morgan fingerprint density at radius 2 is 2.14 bits per heavy atom. The Labute approximate surface area is 126 Å². The highest BCUT2D eigenvalue weighted by Crippen LogP contribution is 2.50. The molecule has 4 atom stereocenters. The molecule has 4 N–H and O–H groups in total. The van der Waals surface area contributed by atoms with E-state index in [1.165, 1.54) is 25.7 Å². The van der Waals surface area contributed by atoms with E-state index in [0.29, 0.717) is 17.3 Å². The molecule has 2 saturated carbocycles. The fourth-order valence-corrected chi connectivity index (χ4v) is 4.23. The molecule has 0 spiro atoms. The summed E-state index contributed by atoms with van der Waals surface area (Å²) in [7, 11) is 1.64. The van der Waals surface area contributed by atoms with Gasteiger partial charge in [0.1, 0.15) is 0 Å². The third kappa shape index (κ3) is 2.71. The number of hydrogen-bond acceptors (Lipinski definition) is 3. The zero-order chi connectivity index (χ0) is 15.0. The van der Waals surface area contributed by atoms with Gasteiger partial charge in [-0.2, -0.15) is 0 Å². The fourth-order valence-electron chi connectivity index (χ4n) is 4.23. The minimum Gasteiger partial charge on any atom is -0.397 e. The lowest BCUT2D eigenvalue weighted by Crippen LogP contribution is -2.30. The van der Waals surface area contributed by atoms with Crippen molar-refractivity contribution in [3.05, 3.63) is 23.8 Å². The van der Waals surface area contributed by atoms with E-state index in [1.807, 2.05) is 6.07 Å². The normalized spacial score (nSPS) is 28.4. The van der Waals surface area contributed by atoms with Gasteiger partial charge in [-0.15, -0.1) is 0 Å². The van der Waals surface area contributed by atoms with Crippen LogP contribution in [0.5, 0.6) is 0 Å². The van der Waals surface area contributed by atoms with Gasteiger partial charge in [-0.25, -0.2) is 0 Å². The highest BCUT2D eigenvalue weighted by molar-refractivity contribution is 5.96. The predicted molar refractivity (Wildman–Crippen MR) is 86.3 cm³/mol. The van der Waals surface area contributed by atoms with Crippen molar-refractivity contribution in [2.24, 2.45) is 17.8 Å². The molecule has 3 rings (SSSR count). The van der Waals surface area contributed by atoms with Crippen molar-refractivity contribution in [1.82, 2.24) is 5.32 Å². The summed E-state index contributed by atoms with van der Waals surface area (Å²) in [5.74, 6) is 2.48. The fraction of sp³-hybridized carbons (Fsp3) is 0.588. The Balaban J connectivity index is 1.73. The summed E-state index contributed by atoms with van der Waals surface area (Å²) in [6, 6.07) is 5.84. The Hall–Kier alpha value is -1.71. The summed E-state index contributed by atoms with van der Waals surface area (Å²) in [5, 5.41) is 6.20. The van der Waals surface area contributed by atoms with Gasteiger partial charge in [0.25, 0.3) is 5.91 Å². The van der Waals surface area contributed by atoms with Crippen LogP contribution < -0.4 is 16.4 Å². The summed E-state index contributed by atoms with van der Waals surface area (Å²) in [5.41, 5.74) is 8.29. The van der Waals surface area contributed by atoms with Crippen molar-refractivity contribution in [3.63, 3.8) is 0 Å². The Bertz CT molecular complexity index is 543. The largest absolute Gasteiger partial charge is 0.397 e. The zero-order valence-electron chi connectivity index (χ0n) is 12.9. The summed E-state index contributed by atoms with van der Waals surface area (Å²) in [6.45, 7) is 2.25. The number of nitrogens with two attached hydrogens (primary N) is 1. The highest BCUT2D eigenvalue weighted by Gasteiger charge is 2.41. The van der Waals surface area contributed by atoms with Crippen molar-refractivity contribution in [2.45, 2.75) is 38.6 Å². The molecule has 0 aliphatic heterocycles. The zero-order valence-corrected chi connectivity index (χ0v) is 12.9. The topological polar surface area (TPSA) is 67.2 Å². The third-order valence-corrected chi connectivity index (χ3v) is 5.36. The monoisotopic (exact) mass is 287 g/mol. The van der Waals surface area contributed by atoms with E-state index in [4.69, 9.17) is 5.73 Å². The predicted octanol–water partition coefficient (Wildman–Crippen LogP) is 2.87. The van der Waals surface area contributed by atoms with Crippen LogP contribution in [0, 0.1) is 17.8 Å². The summed E-state index contributed by atoms with van der Waals surface area (Å²) >= 11 is 0. The Kier molecular flexibility index (Phi) is 3.79. The third-order valence-electron chi connectivity index (χ3n) is 5.36. The molecule has 0 aromatic heterocycles. The molecule has 4 heteroatoms. The number of nitrogens with one attached hydrogen (secondary N) is 2. The first-order valence-electron chi connectivity index (χ1n) is 7.96. The molecule has 1 aromatic carbocycles. The SMILES string of the molecule is CNC(=O)c1ccc(N)c(NC(C)C2CC3CCC2C3)c1. The van der Waals surface area contributed by atoms with E-state index in [2.05, 4.69) is 17.6 Å². The second kappa shape index (κ2) is 5.58. The van der Waals surface area contributed by atoms with Crippen LogP contribution in [-0.2, 0) is 0 Å². The number of carbonyl (C=O) groups is 1. The number of amides is 1. The van der Waals surface area contributed by atoms with Crippen LogP contribution in [-0.4, -0.2) is 19.0 Å². The van der Waals surface area contributed by atoms with Crippen LogP contribution in [0.3, 0.4) is 0 Å². The molecule has 4 unspecified atom stereocenters. The minimum absolute atomic E-state index is 0.0781. The number of benzene rings is 1. The molecule has 2 aliphatic carbocycles. The van der Waals surface area contributed by atoms with Gasteiger partial charge in [0, 0.05) is 18.7 Å². The molecule has 2 fully saturated rings. The van der Waals surface area contributed by atoms with Gasteiger partial charge in [-0.1, -0.05) is 6.42 Å². The van der Waals surface area contributed by atoms with E-state index in [0.717, 1.165) is 23.4 Å². The molecule has 4 nitrogen and oxygen atoms in total.